The van der Waals surface area contributed by atoms with Crippen LogP contribution in [0.2, 0.25) is 0 Å². The number of nitrogens with zero attached hydrogens (tertiary/aromatic N) is 2. The average molecular weight is 573 g/mol. The Morgan fingerprint density at radius 1 is 1.07 bits per heavy atom. The van der Waals surface area contributed by atoms with E-state index in [-0.39, 0.29) is 23.1 Å². The summed E-state index contributed by atoms with van der Waals surface area (Å²) in [6.07, 6.45) is 3.72. The van der Waals surface area contributed by atoms with Crippen LogP contribution < -0.4 is 4.74 Å². The number of ether oxygens (including phenoxy) is 1. The summed E-state index contributed by atoms with van der Waals surface area (Å²) in [5, 5.41) is 20.0. The van der Waals surface area contributed by atoms with E-state index in [9.17, 15) is 19.5 Å². The molecule has 1 aromatic heterocycles. The number of carbonyl (C=O) groups is 3. The second-order valence-electron chi connectivity index (χ2n) is 9.18. The molecule has 5 rings (SSSR count). The molecule has 1 amide bonds. The summed E-state index contributed by atoms with van der Waals surface area (Å²) in [5.74, 6) is -0.759. The number of carboxylic acid groups (broad SMARTS) is 1. The highest BCUT2D eigenvalue weighted by molar-refractivity contribution is 8.26. The molecule has 0 atom stereocenters. The molecular weight excluding hydrogens is 548 g/mol. The zero-order valence-electron chi connectivity index (χ0n) is 21.6. The minimum absolute atomic E-state index is 0.00340. The molecule has 1 fully saturated rings. The fourth-order valence-corrected chi connectivity index (χ4v) is 5.89. The van der Waals surface area contributed by atoms with Crippen molar-refractivity contribution < 1.29 is 29.3 Å². The average Bonchev–Trinajstić information content (AvgIpc) is 3.42. The van der Waals surface area contributed by atoms with Crippen LogP contribution in [0.25, 0.3) is 28.1 Å². The third-order valence-electron chi connectivity index (χ3n) is 6.65. The Balaban J connectivity index is 1.39. The number of carbonyl (C=O) groups excluding carboxylic acids is 2. The van der Waals surface area contributed by atoms with Crippen molar-refractivity contribution in [1.29, 1.82) is 0 Å². The van der Waals surface area contributed by atoms with Crippen molar-refractivity contribution in [1.82, 2.24) is 9.47 Å². The second-order valence-corrected chi connectivity index (χ2v) is 10.9. The number of benzene rings is 3. The lowest BCUT2D eigenvalue weighted by atomic mass is 10.00. The van der Waals surface area contributed by atoms with Crippen LogP contribution in [-0.4, -0.2) is 55.4 Å². The summed E-state index contributed by atoms with van der Waals surface area (Å²) in [6, 6.07) is 17.5. The predicted octanol–water partition coefficient (Wildman–Crippen LogP) is 5.82. The van der Waals surface area contributed by atoms with Crippen molar-refractivity contribution in [2.24, 2.45) is 0 Å². The number of amides is 1. The van der Waals surface area contributed by atoms with Gasteiger partial charge in [-0.05, 0) is 65.6 Å². The molecule has 1 aliphatic heterocycles. The van der Waals surface area contributed by atoms with Gasteiger partial charge in [-0.1, -0.05) is 48.2 Å². The topological polar surface area (TPSA) is 109 Å². The van der Waals surface area contributed by atoms with Crippen molar-refractivity contribution in [2.45, 2.75) is 13.3 Å². The SMILES string of the molecule is COc1ccc(/C=C2\SC(=S)N(CCc3ccc(C(=O)O)cc3)C2=O)cc1-c1ccc2c(c1)c(O)cn2C(C)=O. The lowest BCUT2D eigenvalue weighted by Crippen LogP contribution is -2.30. The largest absolute Gasteiger partial charge is 0.506 e. The van der Waals surface area contributed by atoms with E-state index >= 15 is 0 Å². The van der Waals surface area contributed by atoms with Gasteiger partial charge in [0.05, 0.1) is 29.3 Å². The normalized spacial score (nSPS) is 14.3. The Labute approximate surface area is 239 Å². The smallest absolute Gasteiger partial charge is 0.335 e. The standard InChI is InChI=1S/C30H24N2O6S2/c1-17(33)32-16-25(34)23-15-21(8-9-24(23)32)22-13-19(5-10-26(22)38-2)14-27-28(35)31(30(39)40-27)12-11-18-3-6-20(7-4-18)29(36)37/h3-10,13-16,34H,11-12H2,1-2H3,(H,36,37)/b27-14-. The van der Waals surface area contributed by atoms with E-state index in [1.54, 1.807) is 54.5 Å². The van der Waals surface area contributed by atoms with Crippen LogP contribution in [0, 0.1) is 0 Å². The number of aromatic hydroxyl groups is 1. The first kappa shape index (κ1) is 27.2. The summed E-state index contributed by atoms with van der Waals surface area (Å²) in [6.45, 7) is 1.81. The van der Waals surface area contributed by atoms with Crippen molar-refractivity contribution in [3.8, 4) is 22.6 Å². The Morgan fingerprint density at radius 3 is 2.50 bits per heavy atom. The zero-order chi connectivity index (χ0) is 28.6. The van der Waals surface area contributed by atoms with E-state index in [1.807, 2.05) is 24.3 Å². The molecule has 2 N–H and O–H groups in total. The molecule has 0 unspecified atom stereocenters. The van der Waals surface area contributed by atoms with E-state index in [0.717, 1.165) is 22.3 Å². The van der Waals surface area contributed by atoms with Gasteiger partial charge in [-0.15, -0.1) is 0 Å². The summed E-state index contributed by atoms with van der Waals surface area (Å²) in [7, 11) is 1.57. The monoisotopic (exact) mass is 572 g/mol. The quantitative estimate of drug-likeness (QED) is 0.211. The van der Waals surface area contributed by atoms with E-state index in [2.05, 4.69) is 0 Å². The highest BCUT2D eigenvalue weighted by Gasteiger charge is 2.31. The summed E-state index contributed by atoms with van der Waals surface area (Å²) >= 11 is 6.71. The minimum atomic E-state index is -0.985. The highest BCUT2D eigenvalue weighted by Crippen LogP contribution is 2.38. The van der Waals surface area contributed by atoms with Gasteiger partial charge in [0.1, 0.15) is 15.8 Å². The number of methoxy groups -OCH3 is 1. The molecule has 2 heterocycles. The van der Waals surface area contributed by atoms with Crippen molar-refractivity contribution in [2.75, 3.05) is 13.7 Å². The third-order valence-corrected chi connectivity index (χ3v) is 8.03. The molecule has 0 aliphatic carbocycles. The molecule has 1 aliphatic rings. The predicted molar refractivity (Wildman–Crippen MR) is 159 cm³/mol. The number of rotatable bonds is 7. The fraction of sp³-hybridized carbons (Fsp3) is 0.133. The van der Waals surface area contributed by atoms with E-state index < -0.39 is 5.97 Å². The number of carboxylic acids is 1. The molecule has 0 bridgehead atoms. The van der Waals surface area contributed by atoms with E-state index in [4.69, 9.17) is 22.1 Å². The van der Waals surface area contributed by atoms with Crippen LogP contribution in [0.4, 0.5) is 0 Å². The summed E-state index contributed by atoms with van der Waals surface area (Å²) in [5.41, 5.74) is 4.02. The van der Waals surface area contributed by atoms with Gasteiger partial charge in [0, 0.05) is 24.4 Å². The number of thiocarbonyl (C=S) groups is 1. The van der Waals surface area contributed by atoms with Crippen molar-refractivity contribution in [3.05, 3.63) is 88.5 Å². The van der Waals surface area contributed by atoms with Gasteiger partial charge in [-0.25, -0.2) is 4.79 Å². The second kappa shape index (κ2) is 11.0. The molecule has 10 heteroatoms. The van der Waals surface area contributed by atoms with Crippen molar-refractivity contribution >= 4 is 63.1 Å². The highest BCUT2D eigenvalue weighted by atomic mass is 32.2. The van der Waals surface area contributed by atoms with Crippen LogP contribution in [0.1, 0.15) is 33.2 Å². The Morgan fingerprint density at radius 2 is 1.82 bits per heavy atom. The summed E-state index contributed by atoms with van der Waals surface area (Å²) < 4.78 is 7.44. The van der Waals surface area contributed by atoms with Gasteiger partial charge < -0.3 is 14.9 Å². The van der Waals surface area contributed by atoms with E-state index in [0.29, 0.717) is 38.8 Å². The Hall–Kier alpha value is -4.41. The minimum Gasteiger partial charge on any atom is -0.506 e. The van der Waals surface area contributed by atoms with Gasteiger partial charge >= 0.3 is 5.97 Å². The lowest BCUT2D eigenvalue weighted by molar-refractivity contribution is -0.122. The van der Waals surface area contributed by atoms with Crippen LogP contribution in [0.3, 0.4) is 0 Å². The molecule has 4 aromatic rings. The van der Waals surface area contributed by atoms with Crippen molar-refractivity contribution in [3.63, 3.8) is 0 Å². The fourth-order valence-electron chi connectivity index (χ4n) is 4.58. The number of aromatic nitrogens is 1. The van der Waals surface area contributed by atoms with Gasteiger partial charge in [-0.2, -0.15) is 0 Å². The van der Waals surface area contributed by atoms with Crippen LogP contribution in [0.5, 0.6) is 11.5 Å². The molecule has 1 saturated heterocycles. The Bertz CT molecular complexity index is 1720. The first-order valence-corrected chi connectivity index (χ1v) is 13.5. The number of hydrogen-bond donors (Lipinski definition) is 2. The summed E-state index contributed by atoms with van der Waals surface area (Å²) in [4.78, 5) is 38.2. The maximum atomic E-state index is 13.2. The lowest BCUT2D eigenvalue weighted by Gasteiger charge is -2.14. The first-order valence-electron chi connectivity index (χ1n) is 12.3. The molecule has 40 heavy (non-hydrogen) atoms. The zero-order valence-corrected chi connectivity index (χ0v) is 23.2. The maximum absolute atomic E-state index is 13.2. The molecule has 8 nitrogen and oxygen atoms in total. The van der Waals surface area contributed by atoms with Crippen LogP contribution >= 0.6 is 24.0 Å². The van der Waals surface area contributed by atoms with Gasteiger partial charge in [0.15, 0.2) is 0 Å². The van der Waals surface area contributed by atoms with Gasteiger partial charge in [-0.3, -0.25) is 19.1 Å². The Kier molecular flexibility index (Phi) is 7.46. The maximum Gasteiger partial charge on any atom is 0.335 e. The number of hydrogen-bond acceptors (Lipinski definition) is 7. The molecular formula is C30H24N2O6S2. The van der Waals surface area contributed by atoms with Crippen LogP contribution in [0.15, 0.2) is 71.8 Å². The first-order chi connectivity index (χ1) is 19.2. The molecule has 0 radical (unpaired) electrons. The third kappa shape index (κ3) is 5.23. The number of fused-ring (bicyclic) bond motifs is 1. The molecule has 3 aromatic carbocycles. The van der Waals surface area contributed by atoms with Crippen LogP contribution in [-0.2, 0) is 11.2 Å². The van der Waals surface area contributed by atoms with Gasteiger partial charge in [0.2, 0.25) is 5.91 Å². The number of thioether (sulfide) groups is 1. The van der Waals surface area contributed by atoms with E-state index in [1.165, 1.54) is 29.4 Å². The molecule has 0 spiro atoms. The molecule has 202 valence electrons. The molecule has 0 saturated carbocycles. The number of aromatic carboxylic acids is 1. The van der Waals surface area contributed by atoms with Gasteiger partial charge in [0.25, 0.3) is 5.91 Å².